The number of nitrogens with one attached hydrogen (secondary N) is 1. The van der Waals surface area contributed by atoms with Gasteiger partial charge in [0, 0.05) is 17.6 Å². The zero-order chi connectivity index (χ0) is 16.6. The van der Waals surface area contributed by atoms with E-state index in [4.69, 9.17) is 27.9 Å². The van der Waals surface area contributed by atoms with Crippen LogP contribution >= 0.6 is 23.2 Å². The minimum absolute atomic E-state index is 0.0506. The molecule has 3 aromatic rings. The number of phenolic OH excluding ortho intramolecular Hbond substituents is 1. The number of benzene rings is 2. The highest BCUT2D eigenvalue weighted by molar-refractivity contribution is 6.42. The molecule has 1 aromatic heterocycles. The Bertz CT molecular complexity index is 906. The van der Waals surface area contributed by atoms with Gasteiger partial charge in [-0.3, -0.25) is 0 Å². The van der Waals surface area contributed by atoms with Gasteiger partial charge in [0.1, 0.15) is 0 Å². The number of hydrogen-bond acceptors (Lipinski definition) is 5. The number of anilines is 2. The van der Waals surface area contributed by atoms with Gasteiger partial charge in [-0.05, 0) is 18.2 Å². The maximum absolute atomic E-state index is 14.0. The number of aromatic hydroxyl groups is 1. The Morgan fingerprint density at radius 2 is 2.04 bits per heavy atom. The molecule has 23 heavy (non-hydrogen) atoms. The summed E-state index contributed by atoms with van der Waals surface area (Å²) >= 11 is 11.5. The van der Waals surface area contributed by atoms with Crippen LogP contribution in [0.3, 0.4) is 0 Å². The quantitative estimate of drug-likeness (QED) is 0.677. The Balaban J connectivity index is 2.00. The van der Waals surface area contributed by atoms with Crippen molar-refractivity contribution < 1.29 is 14.2 Å². The van der Waals surface area contributed by atoms with E-state index in [1.165, 1.54) is 31.5 Å². The number of nitrogens with zero attached hydrogens (tertiary/aromatic N) is 2. The largest absolute Gasteiger partial charge is 0.504 e. The van der Waals surface area contributed by atoms with E-state index in [9.17, 15) is 9.50 Å². The Morgan fingerprint density at radius 1 is 1.26 bits per heavy atom. The number of rotatable bonds is 3. The van der Waals surface area contributed by atoms with Crippen LogP contribution in [0.1, 0.15) is 0 Å². The van der Waals surface area contributed by atoms with Crippen LogP contribution in [0.5, 0.6) is 11.5 Å². The SMILES string of the molecule is COc1cc2cnc(Nc3ccc(Cl)c(Cl)c3F)nc2cc1O. The molecule has 0 aliphatic heterocycles. The van der Waals surface area contributed by atoms with Gasteiger partial charge in [0.2, 0.25) is 5.95 Å². The zero-order valence-electron chi connectivity index (χ0n) is 11.8. The van der Waals surface area contributed by atoms with Crippen molar-refractivity contribution in [2.75, 3.05) is 12.4 Å². The summed E-state index contributed by atoms with van der Waals surface area (Å²) in [7, 11) is 1.45. The predicted molar refractivity (Wildman–Crippen MR) is 87.5 cm³/mol. The first kappa shape index (κ1) is 15.6. The lowest BCUT2D eigenvalue weighted by Crippen LogP contribution is -2.00. The number of methoxy groups -OCH3 is 1. The molecular formula is C15H10Cl2FN3O2. The number of halogens is 3. The molecule has 2 aromatic carbocycles. The van der Waals surface area contributed by atoms with Crippen LogP contribution in [0, 0.1) is 5.82 Å². The zero-order valence-corrected chi connectivity index (χ0v) is 13.3. The average Bonchev–Trinajstić information content (AvgIpc) is 2.54. The van der Waals surface area contributed by atoms with Crippen LogP contribution in [-0.2, 0) is 0 Å². The summed E-state index contributed by atoms with van der Waals surface area (Å²) in [4.78, 5) is 8.32. The van der Waals surface area contributed by atoms with E-state index < -0.39 is 5.82 Å². The van der Waals surface area contributed by atoms with Gasteiger partial charge in [-0.15, -0.1) is 0 Å². The van der Waals surface area contributed by atoms with Crippen LogP contribution in [0.4, 0.5) is 16.0 Å². The van der Waals surface area contributed by atoms with Crippen molar-refractivity contribution in [3.63, 3.8) is 0 Å². The van der Waals surface area contributed by atoms with Gasteiger partial charge in [-0.1, -0.05) is 23.2 Å². The molecule has 8 heteroatoms. The highest BCUT2D eigenvalue weighted by Gasteiger charge is 2.12. The number of hydrogen-bond donors (Lipinski definition) is 2. The van der Waals surface area contributed by atoms with E-state index in [0.717, 1.165) is 0 Å². The Labute approximate surface area is 140 Å². The lowest BCUT2D eigenvalue weighted by Gasteiger charge is -2.09. The number of ether oxygens (including phenoxy) is 1. The molecule has 0 unspecified atom stereocenters. The summed E-state index contributed by atoms with van der Waals surface area (Å²) in [6.45, 7) is 0. The predicted octanol–water partition coefficient (Wildman–Crippen LogP) is 4.53. The summed E-state index contributed by atoms with van der Waals surface area (Å²) in [5, 5.41) is 13.1. The van der Waals surface area contributed by atoms with Gasteiger partial charge in [0.25, 0.3) is 0 Å². The summed E-state index contributed by atoms with van der Waals surface area (Å²) in [6, 6.07) is 5.94. The van der Waals surface area contributed by atoms with Gasteiger partial charge in [-0.25, -0.2) is 14.4 Å². The molecule has 0 bridgehead atoms. The van der Waals surface area contributed by atoms with E-state index in [-0.39, 0.29) is 27.4 Å². The first-order valence-corrected chi connectivity index (χ1v) is 7.19. The van der Waals surface area contributed by atoms with E-state index in [2.05, 4.69) is 15.3 Å². The first-order valence-electron chi connectivity index (χ1n) is 6.44. The Morgan fingerprint density at radius 3 is 2.78 bits per heavy atom. The molecule has 3 rings (SSSR count). The van der Waals surface area contributed by atoms with E-state index >= 15 is 0 Å². The van der Waals surface area contributed by atoms with Gasteiger partial charge in [0.05, 0.1) is 28.4 Å². The molecule has 0 saturated heterocycles. The second-order valence-electron chi connectivity index (χ2n) is 4.62. The van der Waals surface area contributed by atoms with E-state index in [1.54, 1.807) is 6.07 Å². The Kier molecular flexibility index (Phi) is 4.11. The summed E-state index contributed by atoms with van der Waals surface area (Å²) in [5.41, 5.74) is 0.567. The third-order valence-electron chi connectivity index (χ3n) is 3.16. The van der Waals surface area contributed by atoms with Crippen molar-refractivity contribution in [3.05, 3.63) is 46.3 Å². The molecule has 2 N–H and O–H groups in total. The van der Waals surface area contributed by atoms with Crippen molar-refractivity contribution in [2.24, 2.45) is 0 Å². The monoisotopic (exact) mass is 353 g/mol. The normalized spacial score (nSPS) is 10.8. The minimum atomic E-state index is -0.694. The van der Waals surface area contributed by atoms with Gasteiger partial charge >= 0.3 is 0 Å². The fourth-order valence-electron chi connectivity index (χ4n) is 2.01. The maximum atomic E-state index is 14.0. The molecule has 0 fully saturated rings. The fraction of sp³-hybridized carbons (Fsp3) is 0.0667. The number of aromatic nitrogens is 2. The molecule has 118 valence electrons. The summed E-state index contributed by atoms with van der Waals surface area (Å²) in [5.74, 6) is -0.275. The highest BCUT2D eigenvalue weighted by atomic mass is 35.5. The van der Waals surface area contributed by atoms with Crippen LogP contribution in [0.25, 0.3) is 10.9 Å². The van der Waals surface area contributed by atoms with Gasteiger partial charge < -0.3 is 15.2 Å². The highest BCUT2D eigenvalue weighted by Crippen LogP contribution is 2.32. The second-order valence-corrected chi connectivity index (χ2v) is 5.41. The topological polar surface area (TPSA) is 67.3 Å². The molecule has 1 heterocycles. The third-order valence-corrected chi connectivity index (χ3v) is 3.94. The van der Waals surface area contributed by atoms with Crippen molar-refractivity contribution in [1.82, 2.24) is 9.97 Å². The van der Waals surface area contributed by atoms with Gasteiger partial charge in [0.15, 0.2) is 17.3 Å². The van der Waals surface area contributed by atoms with Crippen LogP contribution in [0.15, 0.2) is 30.5 Å². The Hall–Kier alpha value is -2.31. The molecule has 0 atom stereocenters. The molecular weight excluding hydrogens is 344 g/mol. The van der Waals surface area contributed by atoms with Crippen molar-refractivity contribution in [1.29, 1.82) is 0 Å². The number of phenols is 1. The third kappa shape index (κ3) is 2.95. The van der Waals surface area contributed by atoms with E-state index in [0.29, 0.717) is 16.7 Å². The van der Waals surface area contributed by atoms with Crippen molar-refractivity contribution in [2.45, 2.75) is 0 Å². The van der Waals surface area contributed by atoms with Crippen LogP contribution < -0.4 is 10.1 Å². The molecule has 5 nitrogen and oxygen atoms in total. The molecule has 0 aliphatic carbocycles. The van der Waals surface area contributed by atoms with E-state index in [1.807, 2.05) is 0 Å². The number of fused-ring (bicyclic) bond motifs is 1. The lowest BCUT2D eigenvalue weighted by atomic mass is 10.2. The summed E-state index contributed by atoms with van der Waals surface area (Å²) in [6.07, 6.45) is 1.53. The maximum Gasteiger partial charge on any atom is 0.227 e. The smallest absolute Gasteiger partial charge is 0.227 e. The minimum Gasteiger partial charge on any atom is -0.504 e. The first-order chi connectivity index (χ1) is 11.0. The molecule has 0 saturated carbocycles. The lowest BCUT2D eigenvalue weighted by molar-refractivity contribution is 0.374. The average molecular weight is 354 g/mol. The van der Waals surface area contributed by atoms with Crippen molar-refractivity contribution in [3.8, 4) is 11.5 Å². The van der Waals surface area contributed by atoms with Crippen molar-refractivity contribution >= 4 is 45.7 Å². The standard InChI is InChI=1S/C15H10Cl2FN3O2/c1-23-12-4-7-6-19-15(21-10(7)5-11(12)22)20-9-3-2-8(16)13(17)14(9)18/h2-6,22H,1H3,(H,19,20,21). The van der Waals surface area contributed by atoms with Crippen LogP contribution in [-0.4, -0.2) is 22.2 Å². The molecule has 0 amide bonds. The molecule has 0 spiro atoms. The second kappa shape index (κ2) is 6.06. The fourth-order valence-corrected chi connectivity index (χ4v) is 2.32. The van der Waals surface area contributed by atoms with Gasteiger partial charge in [-0.2, -0.15) is 0 Å². The molecule has 0 aliphatic rings. The summed E-state index contributed by atoms with van der Waals surface area (Å²) < 4.78 is 19.1. The molecule has 0 radical (unpaired) electrons. The van der Waals surface area contributed by atoms with Crippen LogP contribution in [0.2, 0.25) is 10.0 Å².